The Morgan fingerprint density at radius 1 is 1.05 bits per heavy atom. The summed E-state index contributed by atoms with van der Waals surface area (Å²) in [5.41, 5.74) is 1.04. The molecule has 0 heterocycles. The van der Waals surface area contributed by atoms with E-state index in [9.17, 15) is 4.79 Å². The summed E-state index contributed by atoms with van der Waals surface area (Å²) in [4.78, 5) is 12.4. The maximum atomic E-state index is 12.4. The highest BCUT2D eigenvalue weighted by atomic mass is 127. The Labute approximate surface area is 167 Å². The highest BCUT2D eigenvalue weighted by molar-refractivity contribution is 14.1. The molecule has 0 saturated heterocycles. The maximum absolute atomic E-state index is 12.4. The number of anilines is 1. The number of carbonyl (C=O) groups is 1. The first-order valence-electron chi connectivity index (χ1n) is 5.30. The molecule has 0 fully saturated rings. The Balaban J connectivity index is 2.39. The first kappa shape index (κ1) is 17.0. The first-order valence-corrected chi connectivity index (χ1v) is 9.29. The van der Waals surface area contributed by atoms with Crippen LogP contribution >= 0.6 is 91.0 Å². The van der Waals surface area contributed by atoms with Gasteiger partial charge >= 0.3 is 0 Å². The Hall–Kier alpha value is 0.680. The Bertz CT molecular complexity index is 671. The van der Waals surface area contributed by atoms with Crippen molar-refractivity contribution in [2.45, 2.75) is 0 Å². The van der Waals surface area contributed by atoms with Gasteiger partial charge in [0.15, 0.2) is 0 Å². The summed E-state index contributed by atoms with van der Waals surface area (Å²) in [6.45, 7) is 0. The van der Waals surface area contributed by atoms with Crippen LogP contribution in [0, 0.1) is 10.7 Å². The highest BCUT2D eigenvalue weighted by Crippen LogP contribution is 2.31. The van der Waals surface area contributed by atoms with Gasteiger partial charge in [0.05, 0.1) is 21.3 Å². The van der Waals surface area contributed by atoms with Crippen LogP contribution < -0.4 is 5.32 Å². The Morgan fingerprint density at radius 2 is 1.65 bits per heavy atom. The molecule has 0 saturated carbocycles. The summed E-state index contributed by atoms with van der Waals surface area (Å²) in [6, 6.07) is 8.96. The van der Waals surface area contributed by atoms with Crippen LogP contribution in [-0.4, -0.2) is 5.91 Å². The van der Waals surface area contributed by atoms with Crippen molar-refractivity contribution in [3.63, 3.8) is 0 Å². The van der Waals surface area contributed by atoms with Gasteiger partial charge in [-0.25, -0.2) is 0 Å². The molecule has 0 aliphatic heterocycles. The van der Waals surface area contributed by atoms with Crippen molar-refractivity contribution in [2.24, 2.45) is 0 Å². The minimum Gasteiger partial charge on any atom is -0.319 e. The number of carbonyl (C=O) groups excluding carboxylic acids is 1. The molecule has 20 heavy (non-hydrogen) atoms. The standard InChI is InChI=1S/C13H6Cl2I3NO/c14-8-2-1-3-9(15)12(8)19-13(20)7-4-6(16)5-10(17)11(7)18/h1-5H,(H,19,20). The van der Waals surface area contributed by atoms with Gasteiger partial charge in [-0.3, -0.25) is 4.79 Å². The Morgan fingerprint density at radius 3 is 2.25 bits per heavy atom. The molecule has 2 rings (SSSR count). The van der Waals surface area contributed by atoms with E-state index in [1.165, 1.54) is 0 Å². The minimum atomic E-state index is -0.221. The number of halogens is 5. The summed E-state index contributed by atoms with van der Waals surface area (Å²) in [6.07, 6.45) is 0. The molecule has 2 aromatic carbocycles. The van der Waals surface area contributed by atoms with Gasteiger partial charge in [-0.05, 0) is 92.0 Å². The summed E-state index contributed by atoms with van der Waals surface area (Å²) in [5.74, 6) is -0.221. The molecule has 0 aliphatic rings. The van der Waals surface area contributed by atoms with Crippen molar-refractivity contribution >= 4 is 103 Å². The van der Waals surface area contributed by atoms with E-state index in [4.69, 9.17) is 23.2 Å². The molecule has 104 valence electrons. The van der Waals surface area contributed by atoms with Gasteiger partial charge in [0.25, 0.3) is 5.91 Å². The molecule has 0 atom stereocenters. The molecular formula is C13H6Cl2I3NO. The molecule has 1 N–H and O–H groups in total. The molecule has 0 radical (unpaired) electrons. The van der Waals surface area contributed by atoms with Crippen LogP contribution in [0.1, 0.15) is 10.4 Å². The second kappa shape index (κ2) is 7.30. The molecule has 0 spiro atoms. The van der Waals surface area contributed by atoms with Crippen LogP contribution in [0.3, 0.4) is 0 Å². The fraction of sp³-hybridized carbons (Fsp3) is 0. The van der Waals surface area contributed by atoms with Gasteiger partial charge in [-0.2, -0.15) is 0 Å². The number of hydrogen-bond donors (Lipinski definition) is 1. The average molecular weight is 644 g/mol. The topological polar surface area (TPSA) is 29.1 Å². The summed E-state index contributed by atoms with van der Waals surface area (Å²) in [5, 5.41) is 3.61. The van der Waals surface area contributed by atoms with E-state index >= 15 is 0 Å². The second-order valence-corrected chi connectivity index (χ2v) is 8.10. The third kappa shape index (κ3) is 3.90. The third-order valence-electron chi connectivity index (χ3n) is 2.44. The third-order valence-corrected chi connectivity index (χ3v) is 6.74. The molecule has 0 aromatic heterocycles. The number of rotatable bonds is 2. The molecular weight excluding hydrogens is 638 g/mol. The fourth-order valence-electron chi connectivity index (χ4n) is 1.52. The minimum absolute atomic E-state index is 0.221. The van der Waals surface area contributed by atoms with Crippen molar-refractivity contribution in [1.29, 1.82) is 0 Å². The predicted molar refractivity (Wildman–Crippen MR) is 109 cm³/mol. The molecule has 0 aliphatic carbocycles. The van der Waals surface area contributed by atoms with Crippen LogP contribution in [-0.2, 0) is 0 Å². The van der Waals surface area contributed by atoms with Gasteiger partial charge in [0.1, 0.15) is 0 Å². The van der Waals surface area contributed by atoms with E-state index < -0.39 is 0 Å². The lowest BCUT2D eigenvalue weighted by Gasteiger charge is -2.11. The largest absolute Gasteiger partial charge is 0.319 e. The zero-order chi connectivity index (χ0) is 14.9. The van der Waals surface area contributed by atoms with E-state index in [0.717, 1.165) is 10.7 Å². The second-order valence-electron chi connectivity index (χ2n) is 3.80. The van der Waals surface area contributed by atoms with Crippen molar-refractivity contribution in [1.82, 2.24) is 0 Å². The normalized spacial score (nSPS) is 10.4. The number of benzene rings is 2. The van der Waals surface area contributed by atoms with E-state index in [1.54, 1.807) is 18.2 Å². The average Bonchev–Trinajstić information content (AvgIpc) is 2.38. The predicted octanol–water partition coefficient (Wildman–Crippen LogP) is 6.06. The molecule has 0 unspecified atom stereocenters. The monoisotopic (exact) mass is 643 g/mol. The number of para-hydroxylation sites is 1. The first-order chi connectivity index (χ1) is 9.40. The lowest BCUT2D eigenvalue weighted by molar-refractivity contribution is 0.102. The number of amides is 1. The molecule has 2 nitrogen and oxygen atoms in total. The fourth-order valence-corrected chi connectivity index (χ4v) is 4.41. The van der Waals surface area contributed by atoms with Crippen LogP contribution in [0.15, 0.2) is 30.3 Å². The van der Waals surface area contributed by atoms with Crippen molar-refractivity contribution in [3.8, 4) is 0 Å². The van der Waals surface area contributed by atoms with Crippen LogP contribution in [0.5, 0.6) is 0 Å². The summed E-state index contributed by atoms with van der Waals surface area (Å²) < 4.78 is 2.94. The van der Waals surface area contributed by atoms with Crippen LogP contribution in [0.25, 0.3) is 0 Å². The lowest BCUT2D eigenvalue weighted by Crippen LogP contribution is -2.15. The number of nitrogens with one attached hydrogen (secondary N) is 1. The van der Waals surface area contributed by atoms with Gasteiger partial charge < -0.3 is 5.32 Å². The maximum Gasteiger partial charge on any atom is 0.256 e. The van der Waals surface area contributed by atoms with E-state index in [-0.39, 0.29) is 5.91 Å². The van der Waals surface area contributed by atoms with Crippen molar-refractivity contribution in [3.05, 3.63) is 56.7 Å². The van der Waals surface area contributed by atoms with Gasteiger partial charge in [0, 0.05) is 10.7 Å². The lowest BCUT2D eigenvalue weighted by atomic mass is 10.2. The van der Waals surface area contributed by atoms with Gasteiger partial charge in [0.2, 0.25) is 0 Å². The summed E-state index contributed by atoms with van der Waals surface area (Å²) in [7, 11) is 0. The SMILES string of the molecule is O=C(Nc1c(Cl)cccc1Cl)c1cc(I)cc(I)c1I. The van der Waals surface area contributed by atoms with Crippen LogP contribution in [0.2, 0.25) is 10.0 Å². The highest BCUT2D eigenvalue weighted by Gasteiger charge is 2.16. The smallest absolute Gasteiger partial charge is 0.256 e. The Kier molecular flexibility index (Phi) is 6.22. The zero-order valence-corrected chi connectivity index (χ0v) is 17.7. The molecule has 0 bridgehead atoms. The quantitative estimate of drug-likeness (QED) is 0.313. The van der Waals surface area contributed by atoms with Crippen molar-refractivity contribution < 1.29 is 4.79 Å². The molecule has 1 amide bonds. The zero-order valence-electron chi connectivity index (χ0n) is 9.68. The van der Waals surface area contributed by atoms with E-state index in [2.05, 4.69) is 73.1 Å². The summed E-state index contributed by atoms with van der Waals surface area (Å²) >= 11 is 18.7. The molecule has 7 heteroatoms. The molecule has 2 aromatic rings. The van der Waals surface area contributed by atoms with E-state index in [1.807, 2.05) is 12.1 Å². The van der Waals surface area contributed by atoms with Crippen LogP contribution in [0.4, 0.5) is 5.69 Å². The van der Waals surface area contributed by atoms with E-state index in [0.29, 0.717) is 21.3 Å². The van der Waals surface area contributed by atoms with Gasteiger partial charge in [-0.1, -0.05) is 29.3 Å². The van der Waals surface area contributed by atoms with Gasteiger partial charge in [-0.15, -0.1) is 0 Å². The number of hydrogen-bond acceptors (Lipinski definition) is 1. The van der Waals surface area contributed by atoms with Crippen molar-refractivity contribution in [2.75, 3.05) is 5.32 Å².